The minimum Gasteiger partial charge on any atom is -0.467 e. The molecule has 0 bridgehead atoms. The monoisotopic (exact) mass is 455 g/mol. The first-order valence-electron chi connectivity index (χ1n) is 10.0. The van der Waals surface area contributed by atoms with Crippen LogP contribution in [0.25, 0.3) is 10.8 Å². The van der Waals surface area contributed by atoms with E-state index >= 15 is 0 Å². The number of ether oxygens (including phenoxy) is 1. The Labute approximate surface area is 187 Å². The van der Waals surface area contributed by atoms with Crippen molar-refractivity contribution in [2.24, 2.45) is 0 Å². The average Bonchev–Trinajstić information content (AvgIpc) is 2.83. The fourth-order valence-corrected chi connectivity index (χ4v) is 4.43. The van der Waals surface area contributed by atoms with Crippen LogP contribution in [0.4, 0.5) is 0 Å². The first-order chi connectivity index (χ1) is 15.4. The van der Waals surface area contributed by atoms with Crippen molar-refractivity contribution in [3.05, 3.63) is 83.4 Å². The molecule has 1 atom stereocenters. The van der Waals surface area contributed by atoms with Gasteiger partial charge in [0, 0.05) is 26.2 Å². The third-order valence-electron chi connectivity index (χ3n) is 5.19. The van der Waals surface area contributed by atoms with Crippen LogP contribution in [0.15, 0.2) is 66.7 Å². The Morgan fingerprint density at radius 1 is 0.875 bits per heavy atom. The Bertz CT molecular complexity index is 1140. The third-order valence-corrected chi connectivity index (χ3v) is 7.06. The first-order valence-corrected chi connectivity index (χ1v) is 11.8. The summed E-state index contributed by atoms with van der Waals surface area (Å²) in [6.45, 7) is 0. The summed E-state index contributed by atoms with van der Waals surface area (Å²) in [5, 5.41) is 4.91. The van der Waals surface area contributed by atoms with E-state index in [9.17, 15) is 14.2 Å². The lowest BCUT2D eigenvalue weighted by Gasteiger charge is -2.17. The van der Waals surface area contributed by atoms with Crippen LogP contribution in [0.5, 0.6) is 0 Å². The zero-order chi connectivity index (χ0) is 23.1. The molecule has 0 saturated carbocycles. The topological polar surface area (TPSA) is 90.9 Å². The standard InChI is InChI=1S/C24H26NO6P/c1-29-24(27)22(15-18-10-11-19-6-4-5-7-21(19)14-18)25-23(26)20-12-8-17(9-13-20)16-32(28,30-2)31-3/h4-14,22H,15-16H2,1-3H3,(H,25,26)/t22-/m0/s1. The molecule has 0 radical (unpaired) electrons. The molecule has 7 nitrogen and oxygen atoms in total. The van der Waals surface area contributed by atoms with Gasteiger partial charge in [-0.25, -0.2) is 4.79 Å². The van der Waals surface area contributed by atoms with Gasteiger partial charge in [-0.3, -0.25) is 9.36 Å². The summed E-state index contributed by atoms with van der Waals surface area (Å²) < 4.78 is 27.1. The Morgan fingerprint density at radius 2 is 1.50 bits per heavy atom. The molecule has 32 heavy (non-hydrogen) atoms. The fourth-order valence-electron chi connectivity index (χ4n) is 3.37. The largest absolute Gasteiger partial charge is 0.467 e. The number of carbonyl (C=O) groups excluding carboxylic acids is 2. The van der Waals surface area contributed by atoms with E-state index in [0.717, 1.165) is 16.3 Å². The number of hydrogen-bond donors (Lipinski definition) is 1. The second-order valence-electron chi connectivity index (χ2n) is 7.27. The van der Waals surface area contributed by atoms with Crippen LogP contribution in [-0.4, -0.2) is 39.2 Å². The number of hydrogen-bond acceptors (Lipinski definition) is 6. The maximum absolute atomic E-state index is 12.8. The molecule has 0 unspecified atom stereocenters. The Balaban J connectivity index is 1.73. The normalized spacial score (nSPS) is 12.3. The molecule has 0 heterocycles. The van der Waals surface area contributed by atoms with Crippen molar-refractivity contribution in [2.45, 2.75) is 18.6 Å². The highest BCUT2D eigenvalue weighted by atomic mass is 31.2. The quantitative estimate of drug-likeness (QED) is 0.381. The van der Waals surface area contributed by atoms with Crippen molar-refractivity contribution in [2.75, 3.05) is 21.3 Å². The molecule has 3 aromatic rings. The van der Waals surface area contributed by atoms with Crippen molar-refractivity contribution in [1.29, 1.82) is 0 Å². The zero-order valence-corrected chi connectivity index (χ0v) is 19.1. The molecule has 0 fully saturated rings. The first kappa shape index (κ1) is 23.7. The highest BCUT2D eigenvalue weighted by Crippen LogP contribution is 2.49. The predicted molar refractivity (Wildman–Crippen MR) is 123 cm³/mol. The summed E-state index contributed by atoms with van der Waals surface area (Å²) in [5.41, 5.74) is 1.98. The van der Waals surface area contributed by atoms with Gasteiger partial charge in [0.15, 0.2) is 0 Å². The molecule has 0 aliphatic rings. The molecule has 3 rings (SSSR count). The van der Waals surface area contributed by atoms with E-state index in [1.54, 1.807) is 24.3 Å². The summed E-state index contributed by atoms with van der Waals surface area (Å²) in [5.74, 6) is -0.932. The highest BCUT2D eigenvalue weighted by Gasteiger charge is 2.24. The number of methoxy groups -OCH3 is 1. The number of nitrogens with one attached hydrogen (secondary N) is 1. The molecular formula is C24H26NO6P. The van der Waals surface area contributed by atoms with Gasteiger partial charge in [-0.05, 0) is 34.0 Å². The Morgan fingerprint density at radius 3 is 2.12 bits per heavy atom. The van der Waals surface area contributed by atoms with Crippen molar-refractivity contribution in [1.82, 2.24) is 5.32 Å². The number of fused-ring (bicyclic) bond motifs is 1. The van der Waals surface area contributed by atoms with E-state index in [1.165, 1.54) is 21.3 Å². The van der Waals surface area contributed by atoms with E-state index in [1.807, 2.05) is 42.5 Å². The van der Waals surface area contributed by atoms with E-state index in [-0.39, 0.29) is 6.16 Å². The van der Waals surface area contributed by atoms with Gasteiger partial charge in [0.2, 0.25) is 0 Å². The SMILES string of the molecule is COC(=O)[C@H](Cc1ccc2ccccc2c1)NC(=O)c1ccc(CP(=O)(OC)OC)cc1. The molecule has 168 valence electrons. The summed E-state index contributed by atoms with van der Waals surface area (Å²) in [6.07, 6.45) is 0.390. The van der Waals surface area contributed by atoms with Crippen LogP contribution in [0.1, 0.15) is 21.5 Å². The number of rotatable bonds is 9. The van der Waals surface area contributed by atoms with Crippen LogP contribution in [0.3, 0.4) is 0 Å². The number of esters is 1. The van der Waals surface area contributed by atoms with Gasteiger partial charge in [-0.2, -0.15) is 0 Å². The van der Waals surface area contributed by atoms with Gasteiger partial charge >= 0.3 is 13.6 Å². The van der Waals surface area contributed by atoms with E-state index in [0.29, 0.717) is 17.5 Å². The molecular weight excluding hydrogens is 429 g/mol. The lowest BCUT2D eigenvalue weighted by atomic mass is 10.0. The molecule has 1 N–H and O–H groups in total. The smallest absolute Gasteiger partial charge is 0.334 e. The molecule has 8 heteroatoms. The van der Waals surface area contributed by atoms with Gasteiger partial charge in [0.25, 0.3) is 5.91 Å². The molecule has 0 aromatic heterocycles. The lowest BCUT2D eigenvalue weighted by molar-refractivity contribution is -0.142. The minimum atomic E-state index is -3.20. The van der Waals surface area contributed by atoms with Crippen LogP contribution < -0.4 is 5.32 Å². The Hall–Kier alpha value is -2.99. The number of carbonyl (C=O) groups is 2. The minimum absolute atomic E-state index is 0.0919. The van der Waals surface area contributed by atoms with Gasteiger partial charge in [-0.15, -0.1) is 0 Å². The molecule has 0 aliphatic carbocycles. The second-order valence-corrected chi connectivity index (χ2v) is 9.53. The van der Waals surface area contributed by atoms with Crippen molar-refractivity contribution in [3.63, 3.8) is 0 Å². The lowest BCUT2D eigenvalue weighted by Crippen LogP contribution is -2.43. The average molecular weight is 455 g/mol. The third kappa shape index (κ3) is 5.82. The fraction of sp³-hybridized carbons (Fsp3) is 0.250. The maximum atomic E-state index is 12.8. The van der Waals surface area contributed by atoms with Crippen LogP contribution >= 0.6 is 7.60 Å². The van der Waals surface area contributed by atoms with Gasteiger partial charge in [0.05, 0.1) is 13.3 Å². The second kappa shape index (κ2) is 10.6. The summed E-state index contributed by atoms with van der Waals surface area (Å²) in [4.78, 5) is 25.1. The van der Waals surface area contributed by atoms with E-state index in [4.69, 9.17) is 13.8 Å². The molecule has 0 spiro atoms. The van der Waals surface area contributed by atoms with E-state index in [2.05, 4.69) is 5.32 Å². The van der Waals surface area contributed by atoms with Gasteiger partial charge < -0.3 is 19.1 Å². The summed E-state index contributed by atoms with van der Waals surface area (Å²) in [7, 11) is 0.748. The van der Waals surface area contributed by atoms with Crippen molar-refractivity contribution in [3.8, 4) is 0 Å². The number of benzene rings is 3. The highest BCUT2D eigenvalue weighted by molar-refractivity contribution is 7.52. The number of amides is 1. The molecule has 0 aliphatic heterocycles. The predicted octanol–water partition coefficient (Wildman–Crippen LogP) is 4.34. The van der Waals surface area contributed by atoms with Crippen molar-refractivity contribution >= 4 is 30.2 Å². The summed E-state index contributed by atoms with van der Waals surface area (Å²) >= 11 is 0. The molecule has 3 aromatic carbocycles. The van der Waals surface area contributed by atoms with E-state index < -0.39 is 25.5 Å². The molecule has 0 saturated heterocycles. The van der Waals surface area contributed by atoms with Crippen molar-refractivity contribution < 1.29 is 27.9 Å². The molecule has 1 amide bonds. The van der Waals surface area contributed by atoms with Crippen LogP contribution in [0.2, 0.25) is 0 Å². The van der Waals surface area contributed by atoms with Crippen LogP contribution in [0, 0.1) is 0 Å². The Kier molecular flexibility index (Phi) is 7.80. The zero-order valence-electron chi connectivity index (χ0n) is 18.2. The summed E-state index contributed by atoms with van der Waals surface area (Å²) in [6, 6.07) is 19.6. The van der Waals surface area contributed by atoms with Gasteiger partial charge in [0.1, 0.15) is 6.04 Å². The van der Waals surface area contributed by atoms with Crippen LogP contribution in [-0.2, 0) is 35.7 Å². The van der Waals surface area contributed by atoms with Gasteiger partial charge in [-0.1, -0.05) is 54.6 Å². The maximum Gasteiger partial charge on any atom is 0.334 e.